The van der Waals surface area contributed by atoms with Gasteiger partial charge in [0, 0.05) is 17.1 Å². The number of amides is 1. The van der Waals surface area contributed by atoms with Crippen LogP contribution in [0.5, 0.6) is 0 Å². The van der Waals surface area contributed by atoms with E-state index in [1.165, 1.54) is 0 Å². The number of carbonyl (C=O) groups excluding carboxylic acids is 1. The van der Waals surface area contributed by atoms with E-state index in [4.69, 9.17) is 16.0 Å². The summed E-state index contributed by atoms with van der Waals surface area (Å²) < 4.78 is 5.60. The van der Waals surface area contributed by atoms with E-state index in [1.807, 2.05) is 48.5 Å². The third-order valence-corrected chi connectivity index (χ3v) is 3.80. The summed E-state index contributed by atoms with van der Waals surface area (Å²) in [6, 6.07) is 16.9. The van der Waals surface area contributed by atoms with Crippen LogP contribution in [0, 0.1) is 6.92 Å². The first kappa shape index (κ1) is 15.3. The molecule has 0 saturated carbocycles. The summed E-state index contributed by atoms with van der Waals surface area (Å²) in [5, 5.41) is 3.44. The molecule has 1 N–H and O–H groups in total. The van der Waals surface area contributed by atoms with Crippen LogP contribution in [0.3, 0.4) is 0 Å². The highest BCUT2D eigenvalue weighted by Crippen LogP contribution is 2.21. The van der Waals surface area contributed by atoms with E-state index in [-0.39, 0.29) is 11.6 Å². The van der Waals surface area contributed by atoms with Gasteiger partial charge in [0.2, 0.25) is 5.89 Å². The van der Waals surface area contributed by atoms with Crippen LogP contribution in [0.15, 0.2) is 59.0 Å². The topological polar surface area (TPSA) is 55.1 Å². The lowest BCUT2D eigenvalue weighted by Gasteiger charge is -2.05. The van der Waals surface area contributed by atoms with Crippen molar-refractivity contribution in [2.24, 2.45) is 0 Å². The van der Waals surface area contributed by atoms with E-state index < -0.39 is 0 Å². The Labute approximate surface area is 139 Å². The molecule has 0 fully saturated rings. The second-order valence-corrected chi connectivity index (χ2v) is 5.47. The molecular formula is C18H15ClN2O2. The molecule has 4 nitrogen and oxygen atoms in total. The van der Waals surface area contributed by atoms with Crippen LogP contribution in [-0.2, 0) is 6.54 Å². The van der Waals surface area contributed by atoms with Crippen molar-refractivity contribution in [1.82, 2.24) is 10.3 Å². The molecule has 1 heterocycles. The lowest BCUT2D eigenvalue weighted by molar-refractivity contribution is 0.0945. The standard InChI is InChI=1S/C18H15ClN2O2/c1-12-16(21-18(23-12)13-7-3-2-4-8-13)17(22)20-11-14-9-5-6-10-15(14)19/h2-10H,11H2,1H3,(H,20,22). The summed E-state index contributed by atoms with van der Waals surface area (Å²) in [6.07, 6.45) is 0. The molecule has 2 aromatic carbocycles. The number of aromatic nitrogens is 1. The number of benzene rings is 2. The minimum absolute atomic E-state index is 0.284. The van der Waals surface area contributed by atoms with Gasteiger partial charge in [0.1, 0.15) is 5.76 Å². The zero-order valence-electron chi connectivity index (χ0n) is 12.5. The first-order valence-electron chi connectivity index (χ1n) is 7.19. The molecule has 23 heavy (non-hydrogen) atoms. The Morgan fingerprint density at radius 1 is 1.13 bits per heavy atom. The van der Waals surface area contributed by atoms with Crippen molar-refractivity contribution in [2.45, 2.75) is 13.5 Å². The van der Waals surface area contributed by atoms with Gasteiger partial charge in [-0.1, -0.05) is 48.0 Å². The maximum Gasteiger partial charge on any atom is 0.273 e. The molecule has 5 heteroatoms. The van der Waals surface area contributed by atoms with Gasteiger partial charge in [-0.2, -0.15) is 0 Å². The first-order chi connectivity index (χ1) is 11.1. The zero-order valence-corrected chi connectivity index (χ0v) is 13.3. The minimum Gasteiger partial charge on any atom is -0.441 e. The van der Waals surface area contributed by atoms with Crippen LogP contribution < -0.4 is 5.32 Å². The van der Waals surface area contributed by atoms with Crippen molar-refractivity contribution in [3.05, 3.63) is 76.6 Å². The second kappa shape index (κ2) is 6.67. The molecule has 3 rings (SSSR count). The molecule has 0 aliphatic heterocycles. The number of halogens is 1. The number of hydrogen-bond donors (Lipinski definition) is 1. The Morgan fingerprint density at radius 2 is 1.83 bits per heavy atom. The fourth-order valence-electron chi connectivity index (χ4n) is 2.21. The maximum atomic E-state index is 12.3. The van der Waals surface area contributed by atoms with Gasteiger partial charge in [0.05, 0.1) is 0 Å². The highest BCUT2D eigenvalue weighted by atomic mass is 35.5. The van der Waals surface area contributed by atoms with Crippen molar-refractivity contribution >= 4 is 17.5 Å². The molecule has 3 aromatic rings. The van der Waals surface area contributed by atoms with Gasteiger partial charge in [-0.05, 0) is 30.7 Å². The quantitative estimate of drug-likeness (QED) is 0.780. The Hall–Kier alpha value is -2.59. The van der Waals surface area contributed by atoms with Gasteiger partial charge in [-0.3, -0.25) is 4.79 Å². The summed E-state index contributed by atoms with van der Waals surface area (Å²) in [6.45, 7) is 2.06. The number of aryl methyl sites for hydroxylation is 1. The van der Waals surface area contributed by atoms with Crippen LogP contribution in [0.4, 0.5) is 0 Å². The normalized spacial score (nSPS) is 10.5. The Balaban J connectivity index is 1.75. The third-order valence-electron chi connectivity index (χ3n) is 3.43. The lowest BCUT2D eigenvalue weighted by atomic mass is 10.2. The monoisotopic (exact) mass is 326 g/mol. The average molecular weight is 327 g/mol. The highest BCUT2D eigenvalue weighted by Gasteiger charge is 2.17. The van der Waals surface area contributed by atoms with Gasteiger partial charge in [0.25, 0.3) is 5.91 Å². The number of nitrogens with zero attached hydrogens (tertiary/aromatic N) is 1. The SMILES string of the molecule is Cc1oc(-c2ccccc2)nc1C(=O)NCc1ccccc1Cl. The molecule has 0 aliphatic carbocycles. The molecular weight excluding hydrogens is 312 g/mol. The Bertz CT molecular complexity index is 828. The van der Waals surface area contributed by atoms with E-state index in [1.54, 1.807) is 13.0 Å². The summed E-state index contributed by atoms with van der Waals surface area (Å²) in [5.41, 5.74) is 1.98. The van der Waals surface area contributed by atoms with E-state index >= 15 is 0 Å². The minimum atomic E-state index is -0.284. The Kier molecular flexibility index (Phi) is 4.44. The van der Waals surface area contributed by atoms with Gasteiger partial charge in [-0.25, -0.2) is 4.98 Å². The number of carbonyl (C=O) groups is 1. The van der Waals surface area contributed by atoms with Crippen molar-refractivity contribution in [3.8, 4) is 11.5 Å². The number of rotatable bonds is 4. The van der Waals surface area contributed by atoms with E-state index in [9.17, 15) is 4.79 Å². The Morgan fingerprint density at radius 3 is 2.57 bits per heavy atom. The predicted molar refractivity (Wildman–Crippen MR) is 89.3 cm³/mol. The van der Waals surface area contributed by atoms with Crippen LogP contribution in [0.1, 0.15) is 21.8 Å². The predicted octanol–water partition coefficient (Wildman–Crippen LogP) is 4.23. The van der Waals surface area contributed by atoms with Crippen LogP contribution in [0.25, 0.3) is 11.5 Å². The second-order valence-electron chi connectivity index (χ2n) is 5.06. The summed E-state index contributed by atoms with van der Waals surface area (Å²) in [7, 11) is 0. The smallest absolute Gasteiger partial charge is 0.273 e. The molecule has 0 radical (unpaired) electrons. The fraction of sp³-hybridized carbons (Fsp3) is 0.111. The van der Waals surface area contributed by atoms with E-state index in [2.05, 4.69) is 10.3 Å². The van der Waals surface area contributed by atoms with Gasteiger partial charge in [-0.15, -0.1) is 0 Å². The first-order valence-corrected chi connectivity index (χ1v) is 7.57. The largest absolute Gasteiger partial charge is 0.441 e. The van der Waals surface area contributed by atoms with Gasteiger partial charge in [0.15, 0.2) is 5.69 Å². The molecule has 0 saturated heterocycles. The number of oxazole rings is 1. The number of hydrogen-bond acceptors (Lipinski definition) is 3. The average Bonchev–Trinajstić information content (AvgIpc) is 2.97. The van der Waals surface area contributed by atoms with Crippen LogP contribution in [0.2, 0.25) is 5.02 Å². The van der Waals surface area contributed by atoms with Gasteiger partial charge >= 0.3 is 0 Å². The third kappa shape index (κ3) is 3.43. The van der Waals surface area contributed by atoms with E-state index in [0.29, 0.717) is 23.2 Å². The number of nitrogens with one attached hydrogen (secondary N) is 1. The van der Waals surface area contributed by atoms with Crippen molar-refractivity contribution < 1.29 is 9.21 Å². The van der Waals surface area contributed by atoms with Crippen LogP contribution >= 0.6 is 11.6 Å². The van der Waals surface area contributed by atoms with Gasteiger partial charge < -0.3 is 9.73 Å². The summed E-state index contributed by atoms with van der Waals surface area (Å²) >= 11 is 6.08. The zero-order chi connectivity index (χ0) is 16.2. The van der Waals surface area contributed by atoms with Crippen molar-refractivity contribution in [1.29, 1.82) is 0 Å². The van der Waals surface area contributed by atoms with Crippen molar-refractivity contribution in [3.63, 3.8) is 0 Å². The highest BCUT2D eigenvalue weighted by molar-refractivity contribution is 6.31. The molecule has 0 atom stereocenters. The maximum absolute atomic E-state index is 12.3. The molecule has 1 aromatic heterocycles. The van der Waals surface area contributed by atoms with Crippen LogP contribution in [-0.4, -0.2) is 10.9 Å². The molecule has 0 unspecified atom stereocenters. The van der Waals surface area contributed by atoms with E-state index in [0.717, 1.165) is 11.1 Å². The molecule has 1 amide bonds. The lowest BCUT2D eigenvalue weighted by Crippen LogP contribution is -2.24. The fourth-order valence-corrected chi connectivity index (χ4v) is 2.41. The summed E-state index contributed by atoms with van der Waals surface area (Å²) in [4.78, 5) is 16.6. The molecule has 116 valence electrons. The molecule has 0 bridgehead atoms. The molecule has 0 spiro atoms. The van der Waals surface area contributed by atoms with Crippen molar-refractivity contribution in [2.75, 3.05) is 0 Å². The molecule has 0 aliphatic rings. The summed E-state index contributed by atoms with van der Waals surface area (Å²) in [5.74, 6) is 0.639.